The van der Waals surface area contributed by atoms with E-state index in [2.05, 4.69) is 0 Å². The van der Waals surface area contributed by atoms with Crippen LogP contribution < -0.4 is 0 Å². The van der Waals surface area contributed by atoms with E-state index in [0.29, 0.717) is 19.5 Å². The summed E-state index contributed by atoms with van der Waals surface area (Å²) in [5.74, 6) is 0. The molecule has 0 bridgehead atoms. The van der Waals surface area contributed by atoms with Crippen molar-refractivity contribution in [3.63, 3.8) is 0 Å². The smallest absolute Gasteiger partial charge is 0.0907 e. The van der Waals surface area contributed by atoms with Crippen molar-refractivity contribution in [2.75, 3.05) is 33.5 Å². The molecule has 0 aromatic heterocycles. The first-order valence-electron chi connectivity index (χ1n) is 3.31. The van der Waals surface area contributed by atoms with Crippen LogP contribution in [0, 0.1) is 0 Å². The Hall–Kier alpha value is -0.190. The van der Waals surface area contributed by atoms with E-state index in [4.69, 9.17) is 9.94 Å². The third-order valence-electron chi connectivity index (χ3n) is 1.15. The number of aliphatic hydroxyl groups is 1. The minimum atomic E-state index is -0.342. The Balaban J connectivity index is 3.21. The van der Waals surface area contributed by atoms with Crippen molar-refractivity contribution in [1.29, 1.82) is 0 Å². The summed E-state index contributed by atoms with van der Waals surface area (Å²) in [7, 11) is 1.51. The van der Waals surface area contributed by atoms with Crippen LogP contribution in [0.25, 0.3) is 0 Å². The highest BCUT2D eigenvalue weighted by molar-refractivity contribution is 4.43. The molecule has 0 amide bonds. The van der Waals surface area contributed by atoms with Gasteiger partial charge in [-0.25, -0.2) is 0 Å². The van der Waals surface area contributed by atoms with Gasteiger partial charge >= 0.3 is 0 Å². The zero-order chi connectivity index (χ0) is 7.82. The lowest BCUT2D eigenvalue weighted by Crippen LogP contribution is -2.27. The van der Waals surface area contributed by atoms with Gasteiger partial charge in [0.2, 0.25) is 0 Å². The molecule has 62 valence electrons. The second-order valence-electron chi connectivity index (χ2n) is 1.88. The third-order valence-corrected chi connectivity index (χ3v) is 1.15. The van der Waals surface area contributed by atoms with E-state index in [1.807, 2.05) is 0 Å². The number of halogens is 1. The number of alkyl halides is 1. The number of aliphatic hydroxyl groups excluding tert-OH is 1. The number of hydroxylamine groups is 2. The quantitative estimate of drug-likeness (QED) is 0.550. The summed E-state index contributed by atoms with van der Waals surface area (Å²) in [6.45, 7) is 0.676. The molecule has 0 radical (unpaired) electrons. The second kappa shape index (κ2) is 6.92. The summed E-state index contributed by atoms with van der Waals surface area (Å²) < 4.78 is 11.6. The molecule has 4 heteroatoms. The van der Waals surface area contributed by atoms with Crippen molar-refractivity contribution in [3.05, 3.63) is 0 Å². The Bertz CT molecular complexity index is 72.8. The first-order chi connectivity index (χ1) is 4.85. The molecule has 0 heterocycles. The molecule has 3 nitrogen and oxygen atoms in total. The zero-order valence-electron chi connectivity index (χ0n) is 6.22. The normalized spacial score (nSPS) is 10.8. The van der Waals surface area contributed by atoms with E-state index in [1.54, 1.807) is 0 Å². The fraction of sp³-hybridized carbons (Fsp3) is 1.00. The van der Waals surface area contributed by atoms with Crippen LogP contribution in [-0.4, -0.2) is 43.7 Å². The van der Waals surface area contributed by atoms with E-state index in [-0.39, 0.29) is 13.3 Å². The maximum atomic E-state index is 11.6. The molecule has 0 unspecified atom stereocenters. The summed E-state index contributed by atoms with van der Waals surface area (Å²) in [5, 5.41) is 9.98. The van der Waals surface area contributed by atoms with E-state index >= 15 is 0 Å². The average molecular weight is 151 g/mol. The van der Waals surface area contributed by atoms with Crippen LogP contribution in [0.4, 0.5) is 4.39 Å². The summed E-state index contributed by atoms with van der Waals surface area (Å²) in [6, 6.07) is 0. The molecule has 0 rings (SSSR count). The second-order valence-corrected chi connectivity index (χ2v) is 1.88. The summed E-state index contributed by atoms with van der Waals surface area (Å²) >= 11 is 0. The summed E-state index contributed by atoms with van der Waals surface area (Å²) in [6.07, 6.45) is 0.452. The van der Waals surface area contributed by atoms with Gasteiger partial charge in [0, 0.05) is 13.1 Å². The van der Waals surface area contributed by atoms with Crippen LogP contribution in [0.1, 0.15) is 6.42 Å². The van der Waals surface area contributed by atoms with Crippen molar-refractivity contribution < 1.29 is 14.3 Å². The first-order valence-corrected chi connectivity index (χ1v) is 3.31. The van der Waals surface area contributed by atoms with E-state index in [9.17, 15) is 4.39 Å². The highest BCUT2D eigenvalue weighted by Crippen LogP contribution is 1.90. The molecule has 0 aromatic rings. The monoisotopic (exact) mass is 151 g/mol. The fourth-order valence-electron chi connectivity index (χ4n) is 0.642. The van der Waals surface area contributed by atoms with Crippen LogP contribution in [-0.2, 0) is 4.84 Å². The Morgan fingerprint density at radius 1 is 1.50 bits per heavy atom. The van der Waals surface area contributed by atoms with Gasteiger partial charge in [0.25, 0.3) is 0 Å². The maximum absolute atomic E-state index is 11.6. The molecule has 0 saturated carbocycles. The van der Waals surface area contributed by atoms with E-state index < -0.39 is 0 Å². The Labute approximate surface area is 60.4 Å². The maximum Gasteiger partial charge on any atom is 0.0907 e. The van der Waals surface area contributed by atoms with Gasteiger partial charge in [0.05, 0.1) is 20.4 Å². The highest BCUT2D eigenvalue weighted by atomic mass is 19.1. The minimum Gasteiger partial charge on any atom is -0.395 e. The predicted octanol–water partition coefficient (Wildman–Crippen LogP) is 0.202. The number of hydrogen-bond acceptors (Lipinski definition) is 3. The molecule has 0 atom stereocenters. The van der Waals surface area contributed by atoms with Crippen LogP contribution in [0.5, 0.6) is 0 Å². The molecule has 0 aliphatic carbocycles. The molecule has 0 aliphatic rings. The van der Waals surface area contributed by atoms with Crippen LogP contribution in [0.3, 0.4) is 0 Å². The van der Waals surface area contributed by atoms with Crippen molar-refractivity contribution in [3.8, 4) is 0 Å². The van der Waals surface area contributed by atoms with Gasteiger partial charge in [-0.2, -0.15) is 5.06 Å². The van der Waals surface area contributed by atoms with E-state index in [0.717, 1.165) is 0 Å². The van der Waals surface area contributed by atoms with Gasteiger partial charge in [0.1, 0.15) is 0 Å². The van der Waals surface area contributed by atoms with Gasteiger partial charge in [-0.1, -0.05) is 0 Å². The first kappa shape index (κ1) is 9.81. The average Bonchev–Trinajstić information content (AvgIpc) is 1.98. The molecule has 1 N–H and O–H groups in total. The predicted molar refractivity (Wildman–Crippen MR) is 36.3 cm³/mol. The summed E-state index contributed by atoms with van der Waals surface area (Å²) in [5.41, 5.74) is 0. The molecule has 0 spiro atoms. The standard InChI is InChI=1S/C6H14FNO2/c1-10-8(5-6-9)4-2-3-7/h9H,2-6H2,1H3. The molecular weight excluding hydrogens is 137 g/mol. The van der Waals surface area contributed by atoms with Crippen molar-refractivity contribution in [1.82, 2.24) is 5.06 Å². The molecule has 0 saturated heterocycles. The Morgan fingerprint density at radius 3 is 2.60 bits per heavy atom. The number of nitrogens with zero attached hydrogens (tertiary/aromatic N) is 1. The van der Waals surface area contributed by atoms with Crippen LogP contribution in [0.2, 0.25) is 0 Å². The molecule has 0 fully saturated rings. The van der Waals surface area contributed by atoms with Crippen molar-refractivity contribution >= 4 is 0 Å². The third kappa shape index (κ3) is 4.67. The molecular formula is C6H14FNO2. The topological polar surface area (TPSA) is 32.7 Å². The van der Waals surface area contributed by atoms with Gasteiger partial charge in [-0.3, -0.25) is 4.39 Å². The lowest BCUT2D eigenvalue weighted by molar-refractivity contribution is -0.137. The van der Waals surface area contributed by atoms with Gasteiger partial charge in [-0.05, 0) is 6.42 Å². The highest BCUT2D eigenvalue weighted by Gasteiger charge is 1.99. The number of hydrogen-bond donors (Lipinski definition) is 1. The largest absolute Gasteiger partial charge is 0.395 e. The Kier molecular flexibility index (Phi) is 6.79. The molecule has 0 aliphatic heterocycles. The fourth-order valence-corrected chi connectivity index (χ4v) is 0.642. The van der Waals surface area contributed by atoms with Crippen LogP contribution >= 0.6 is 0 Å². The SMILES string of the molecule is CON(CCO)CCCF. The minimum absolute atomic E-state index is 0.0418. The van der Waals surface area contributed by atoms with Crippen molar-refractivity contribution in [2.24, 2.45) is 0 Å². The molecule has 10 heavy (non-hydrogen) atoms. The van der Waals surface area contributed by atoms with Crippen molar-refractivity contribution in [2.45, 2.75) is 6.42 Å². The Morgan fingerprint density at radius 2 is 2.20 bits per heavy atom. The lowest BCUT2D eigenvalue weighted by atomic mass is 10.4. The zero-order valence-corrected chi connectivity index (χ0v) is 6.22. The molecule has 0 aromatic carbocycles. The van der Waals surface area contributed by atoms with E-state index in [1.165, 1.54) is 12.2 Å². The van der Waals surface area contributed by atoms with Gasteiger partial charge in [0.15, 0.2) is 0 Å². The van der Waals surface area contributed by atoms with Gasteiger partial charge in [-0.15, -0.1) is 0 Å². The van der Waals surface area contributed by atoms with Crippen LogP contribution in [0.15, 0.2) is 0 Å². The lowest BCUT2D eigenvalue weighted by Gasteiger charge is -2.16. The van der Waals surface area contributed by atoms with Gasteiger partial charge < -0.3 is 9.94 Å². The summed E-state index contributed by atoms with van der Waals surface area (Å²) in [4.78, 5) is 4.80. The number of rotatable bonds is 6.